The van der Waals surface area contributed by atoms with Gasteiger partial charge in [0.15, 0.2) is 0 Å². The quantitative estimate of drug-likeness (QED) is 0.471. The predicted molar refractivity (Wildman–Crippen MR) is 129 cm³/mol. The van der Waals surface area contributed by atoms with Crippen molar-refractivity contribution in [3.05, 3.63) is 95.9 Å². The topological polar surface area (TPSA) is 22.6 Å². The predicted octanol–water partition coefficient (Wildman–Crippen LogP) is 4.48. The van der Waals surface area contributed by atoms with Gasteiger partial charge in [0.05, 0.1) is 0 Å². The third-order valence-corrected chi connectivity index (χ3v) is 6.19. The number of piperazine rings is 1. The SMILES string of the molecule is Fc1ccc(CN(CCN2CCN(CCCc3ccccc3)CC2)c2ccccn2)cc1. The van der Waals surface area contributed by atoms with Crippen LogP contribution in [0.25, 0.3) is 0 Å². The normalized spacial score (nSPS) is 15.0. The number of hydrogen-bond donors (Lipinski definition) is 0. The fourth-order valence-electron chi connectivity index (χ4n) is 4.28. The van der Waals surface area contributed by atoms with Crippen molar-refractivity contribution < 1.29 is 4.39 Å². The highest BCUT2D eigenvalue weighted by Crippen LogP contribution is 2.15. The molecule has 0 atom stereocenters. The number of halogens is 1. The minimum atomic E-state index is -0.195. The van der Waals surface area contributed by atoms with E-state index >= 15 is 0 Å². The lowest BCUT2D eigenvalue weighted by Crippen LogP contribution is -2.48. The molecule has 168 valence electrons. The third-order valence-electron chi connectivity index (χ3n) is 6.19. The van der Waals surface area contributed by atoms with Gasteiger partial charge in [-0.1, -0.05) is 48.5 Å². The molecule has 0 aliphatic carbocycles. The average molecular weight is 433 g/mol. The van der Waals surface area contributed by atoms with E-state index in [2.05, 4.69) is 50.0 Å². The number of aromatic nitrogens is 1. The Morgan fingerprint density at radius 3 is 2.12 bits per heavy atom. The van der Waals surface area contributed by atoms with Gasteiger partial charge in [0, 0.05) is 52.0 Å². The molecule has 4 rings (SSSR count). The maximum Gasteiger partial charge on any atom is 0.128 e. The van der Waals surface area contributed by atoms with E-state index in [0.717, 1.165) is 63.6 Å². The summed E-state index contributed by atoms with van der Waals surface area (Å²) >= 11 is 0. The number of benzene rings is 2. The van der Waals surface area contributed by atoms with Gasteiger partial charge in [0.2, 0.25) is 0 Å². The van der Waals surface area contributed by atoms with Crippen LogP contribution < -0.4 is 4.90 Å². The van der Waals surface area contributed by atoms with Crippen LogP contribution in [0.1, 0.15) is 17.5 Å². The Labute approximate surface area is 191 Å². The molecule has 3 aromatic rings. The molecule has 0 unspecified atom stereocenters. The molecule has 0 radical (unpaired) electrons. The number of rotatable bonds is 10. The maximum atomic E-state index is 13.3. The van der Waals surface area contributed by atoms with Crippen LogP contribution in [-0.2, 0) is 13.0 Å². The average Bonchev–Trinajstić information content (AvgIpc) is 2.85. The second kappa shape index (κ2) is 11.7. The number of nitrogens with zero attached hydrogens (tertiary/aromatic N) is 4. The van der Waals surface area contributed by atoms with Gasteiger partial charge in [-0.05, 0) is 54.8 Å². The molecular weight excluding hydrogens is 399 g/mol. The summed E-state index contributed by atoms with van der Waals surface area (Å²) in [6.07, 6.45) is 4.21. The smallest absolute Gasteiger partial charge is 0.128 e. The van der Waals surface area contributed by atoms with Crippen LogP contribution in [0.3, 0.4) is 0 Å². The van der Waals surface area contributed by atoms with Gasteiger partial charge in [-0.25, -0.2) is 9.37 Å². The molecular formula is C27H33FN4. The van der Waals surface area contributed by atoms with Crippen molar-refractivity contribution in [3.8, 4) is 0 Å². The highest BCUT2D eigenvalue weighted by Gasteiger charge is 2.18. The van der Waals surface area contributed by atoms with Crippen LogP contribution in [-0.4, -0.2) is 60.6 Å². The summed E-state index contributed by atoms with van der Waals surface area (Å²) in [6, 6.07) is 23.6. The molecule has 1 aliphatic rings. The van der Waals surface area contributed by atoms with Gasteiger partial charge in [-0.3, -0.25) is 4.90 Å². The first kappa shape index (κ1) is 22.4. The Kier molecular flexibility index (Phi) is 8.23. The number of pyridine rings is 1. The molecule has 1 saturated heterocycles. The lowest BCUT2D eigenvalue weighted by molar-refractivity contribution is 0.133. The molecule has 2 aromatic carbocycles. The lowest BCUT2D eigenvalue weighted by Gasteiger charge is -2.36. The van der Waals surface area contributed by atoms with Crippen LogP contribution >= 0.6 is 0 Å². The van der Waals surface area contributed by atoms with E-state index in [0.29, 0.717) is 0 Å². The van der Waals surface area contributed by atoms with Crippen LogP contribution in [0.15, 0.2) is 79.0 Å². The molecule has 0 bridgehead atoms. The summed E-state index contributed by atoms with van der Waals surface area (Å²) in [5.41, 5.74) is 2.53. The second-order valence-electron chi connectivity index (χ2n) is 8.51. The zero-order valence-corrected chi connectivity index (χ0v) is 18.7. The molecule has 4 nitrogen and oxygen atoms in total. The number of aryl methyl sites for hydroxylation is 1. The number of anilines is 1. The molecule has 5 heteroatoms. The van der Waals surface area contributed by atoms with Crippen LogP contribution in [0.4, 0.5) is 10.2 Å². The Morgan fingerprint density at radius 1 is 0.750 bits per heavy atom. The van der Waals surface area contributed by atoms with Crippen molar-refractivity contribution in [3.63, 3.8) is 0 Å². The zero-order chi connectivity index (χ0) is 22.0. The Bertz CT molecular complexity index is 909. The molecule has 32 heavy (non-hydrogen) atoms. The summed E-state index contributed by atoms with van der Waals surface area (Å²) in [5.74, 6) is 0.774. The van der Waals surface area contributed by atoms with Crippen LogP contribution in [0, 0.1) is 5.82 Å². The fraction of sp³-hybridized carbons (Fsp3) is 0.370. The fourth-order valence-corrected chi connectivity index (χ4v) is 4.28. The van der Waals surface area contributed by atoms with Gasteiger partial charge in [0.1, 0.15) is 11.6 Å². The zero-order valence-electron chi connectivity index (χ0n) is 18.7. The van der Waals surface area contributed by atoms with E-state index in [9.17, 15) is 4.39 Å². The van der Waals surface area contributed by atoms with Crippen molar-refractivity contribution in [1.82, 2.24) is 14.8 Å². The maximum absolute atomic E-state index is 13.3. The summed E-state index contributed by atoms with van der Waals surface area (Å²) in [7, 11) is 0. The van der Waals surface area contributed by atoms with Gasteiger partial charge in [0.25, 0.3) is 0 Å². The van der Waals surface area contributed by atoms with Gasteiger partial charge in [-0.15, -0.1) is 0 Å². The van der Waals surface area contributed by atoms with Crippen molar-refractivity contribution in [1.29, 1.82) is 0 Å². The van der Waals surface area contributed by atoms with Crippen molar-refractivity contribution in [2.45, 2.75) is 19.4 Å². The van der Waals surface area contributed by atoms with Crippen molar-refractivity contribution >= 4 is 5.82 Å². The van der Waals surface area contributed by atoms with Crippen LogP contribution in [0.2, 0.25) is 0 Å². The summed E-state index contributed by atoms with van der Waals surface area (Å²) in [4.78, 5) is 12.0. The summed E-state index contributed by atoms with van der Waals surface area (Å²) < 4.78 is 13.3. The van der Waals surface area contributed by atoms with Crippen LogP contribution in [0.5, 0.6) is 0 Å². The molecule has 1 aromatic heterocycles. The Morgan fingerprint density at radius 2 is 1.44 bits per heavy atom. The van der Waals surface area contributed by atoms with Crippen molar-refractivity contribution in [2.75, 3.05) is 50.7 Å². The van der Waals surface area contributed by atoms with E-state index in [1.54, 1.807) is 0 Å². The highest BCUT2D eigenvalue weighted by atomic mass is 19.1. The first-order valence-corrected chi connectivity index (χ1v) is 11.7. The molecule has 2 heterocycles. The van der Waals surface area contributed by atoms with E-state index in [-0.39, 0.29) is 5.82 Å². The largest absolute Gasteiger partial charge is 0.351 e. The van der Waals surface area contributed by atoms with Crippen molar-refractivity contribution in [2.24, 2.45) is 0 Å². The summed E-state index contributed by atoms with van der Waals surface area (Å²) in [6.45, 7) is 8.31. The van der Waals surface area contributed by atoms with E-state index in [4.69, 9.17) is 0 Å². The first-order chi connectivity index (χ1) is 15.8. The molecule has 0 spiro atoms. The monoisotopic (exact) mass is 432 g/mol. The van der Waals surface area contributed by atoms with E-state index in [1.807, 2.05) is 36.5 Å². The standard InChI is InChI=1S/C27H33FN4/c28-26-13-11-25(12-14-26)23-32(27-10-4-5-15-29-27)22-21-31-19-17-30(18-20-31)16-6-9-24-7-2-1-3-8-24/h1-5,7-8,10-15H,6,9,16-23H2. The molecule has 0 saturated carbocycles. The minimum Gasteiger partial charge on any atom is -0.351 e. The molecule has 1 fully saturated rings. The van der Waals surface area contributed by atoms with Gasteiger partial charge < -0.3 is 9.80 Å². The Balaban J connectivity index is 1.23. The highest BCUT2D eigenvalue weighted by molar-refractivity contribution is 5.39. The van der Waals surface area contributed by atoms with E-state index < -0.39 is 0 Å². The lowest BCUT2D eigenvalue weighted by atomic mass is 10.1. The Hall–Kier alpha value is -2.76. The minimum absolute atomic E-state index is 0.195. The third kappa shape index (κ3) is 6.87. The van der Waals surface area contributed by atoms with E-state index in [1.165, 1.54) is 30.7 Å². The summed E-state index contributed by atoms with van der Waals surface area (Å²) in [5, 5.41) is 0. The molecule has 1 aliphatic heterocycles. The van der Waals surface area contributed by atoms with Gasteiger partial charge in [-0.2, -0.15) is 0 Å². The first-order valence-electron chi connectivity index (χ1n) is 11.7. The second-order valence-corrected chi connectivity index (χ2v) is 8.51. The molecule has 0 amide bonds. The molecule has 0 N–H and O–H groups in total. The number of hydrogen-bond acceptors (Lipinski definition) is 4. The van der Waals surface area contributed by atoms with Gasteiger partial charge >= 0.3 is 0 Å².